The first-order chi connectivity index (χ1) is 10.2. The van der Waals surface area contributed by atoms with Crippen molar-refractivity contribution in [3.05, 3.63) is 63.7 Å². The highest BCUT2D eigenvalue weighted by Gasteiger charge is 2.22. The third-order valence-corrected chi connectivity index (χ3v) is 4.35. The molecule has 0 bridgehead atoms. The summed E-state index contributed by atoms with van der Waals surface area (Å²) in [5, 5.41) is 4.18. The van der Waals surface area contributed by atoms with Gasteiger partial charge in [0.2, 0.25) is 0 Å². The fourth-order valence-electron chi connectivity index (χ4n) is 3.04. The molecule has 1 aliphatic heterocycles. The zero-order valence-corrected chi connectivity index (χ0v) is 13.2. The Morgan fingerprint density at radius 1 is 1.19 bits per heavy atom. The molecule has 1 unspecified atom stereocenters. The molecule has 0 aliphatic carbocycles. The number of benzene rings is 2. The predicted octanol–water partition coefficient (Wildman–Crippen LogP) is 4.28. The van der Waals surface area contributed by atoms with Gasteiger partial charge in [-0.3, -0.25) is 0 Å². The van der Waals surface area contributed by atoms with Crippen molar-refractivity contribution >= 4 is 11.6 Å². The Labute approximate surface area is 131 Å². The lowest BCUT2D eigenvalue weighted by Crippen LogP contribution is -2.21. The zero-order valence-electron chi connectivity index (χ0n) is 12.4. The quantitative estimate of drug-likeness (QED) is 0.913. The molecule has 2 aromatic carbocycles. The second-order valence-electron chi connectivity index (χ2n) is 5.51. The van der Waals surface area contributed by atoms with E-state index in [-0.39, 0.29) is 6.04 Å². The van der Waals surface area contributed by atoms with Gasteiger partial charge in [0.1, 0.15) is 5.75 Å². The number of hydrogen-bond acceptors (Lipinski definition) is 2. The molecule has 3 rings (SSSR count). The normalized spacial score (nSPS) is 15.2. The van der Waals surface area contributed by atoms with E-state index in [4.69, 9.17) is 16.3 Å². The number of para-hydroxylation sites is 1. The maximum absolute atomic E-state index is 6.19. The van der Waals surface area contributed by atoms with Crippen molar-refractivity contribution in [2.24, 2.45) is 0 Å². The number of aryl methyl sites for hydroxylation is 2. The number of hydrogen-bond donors (Lipinski definition) is 1. The fourth-order valence-corrected chi connectivity index (χ4v) is 3.22. The summed E-state index contributed by atoms with van der Waals surface area (Å²) in [6, 6.07) is 12.6. The van der Waals surface area contributed by atoms with Crippen molar-refractivity contribution in [1.29, 1.82) is 0 Å². The second-order valence-corrected chi connectivity index (χ2v) is 5.95. The summed E-state index contributed by atoms with van der Waals surface area (Å²) in [6.07, 6.45) is 2.19. The molecule has 2 aromatic rings. The van der Waals surface area contributed by atoms with Gasteiger partial charge in [-0.25, -0.2) is 0 Å². The number of nitrogens with one attached hydrogen (secondary N) is 1. The van der Waals surface area contributed by atoms with Crippen LogP contribution in [0.1, 0.15) is 34.7 Å². The maximum atomic E-state index is 6.19. The third-order valence-electron chi connectivity index (χ3n) is 4.12. The largest absolute Gasteiger partial charge is 0.493 e. The molecule has 3 heteroatoms. The summed E-state index contributed by atoms with van der Waals surface area (Å²) < 4.78 is 5.96. The van der Waals surface area contributed by atoms with Crippen molar-refractivity contribution in [1.82, 2.24) is 5.32 Å². The predicted molar refractivity (Wildman–Crippen MR) is 87.3 cm³/mol. The van der Waals surface area contributed by atoms with E-state index >= 15 is 0 Å². The molecule has 1 heterocycles. The van der Waals surface area contributed by atoms with Gasteiger partial charge in [-0.05, 0) is 55.6 Å². The van der Waals surface area contributed by atoms with Crippen LogP contribution in [-0.4, -0.2) is 13.7 Å². The standard InChI is InChI=1S/C18H20ClNO/c1-12-8-9-14(19)11-16(12)17(20-2)15-7-3-5-13-6-4-10-21-18(13)15/h3,5,7-9,11,17,20H,4,6,10H2,1-2H3. The minimum absolute atomic E-state index is 0.0942. The molecule has 0 saturated heterocycles. The van der Waals surface area contributed by atoms with Gasteiger partial charge < -0.3 is 10.1 Å². The highest BCUT2D eigenvalue weighted by atomic mass is 35.5. The molecular weight excluding hydrogens is 282 g/mol. The van der Waals surface area contributed by atoms with Crippen LogP contribution in [0.4, 0.5) is 0 Å². The lowest BCUT2D eigenvalue weighted by molar-refractivity contribution is 0.283. The maximum Gasteiger partial charge on any atom is 0.127 e. The van der Waals surface area contributed by atoms with E-state index in [0.717, 1.165) is 30.2 Å². The van der Waals surface area contributed by atoms with E-state index in [0.29, 0.717) is 0 Å². The SMILES string of the molecule is CNC(c1cc(Cl)ccc1C)c1cccc2c1OCCC2. The van der Waals surface area contributed by atoms with E-state index in [9.17, 15) is 0 Å². The van der Waals surface area contributed by atoms with Crippen LogP contribution >= 0.6 is 11.6 Å². The summed E-state index contributed by atoms with van der Waals surface area (Å²) in [7, 11) is 1.98. The lowest BCUT2D eigenvalue weighted by atomic mass is 9.91. The summed E-state index contributed by atoms with van der Waals surface area (Å²) in [4.78, 5) is 0. The molecule has 0 aromatic heterocycles. The molecule has 0 radical (unpaired) electrons. The van der Waals surface area contributed by atoms with E-state index in [1.165, 1.54) is 22.3 Å². The van der Waals surface area contributed by atoms with Gasteiger partial charge in [-0.2, -0.15) is 0 Å². The van der Waals surface area contributed by atoms with Crippen LogP contribution in [0.5, 0.6) is 5.75 Å². The molecule has 0 fully saturated rings. The van der Waals surface area contributed by atoms with Crippen molar-refractivity contribution in [3.8, 4) is 5.75 Å². The van der Waals surface area contributed by atoms with Gasteiger partial charge in [0, 0.05) is 10.6 Å². The molecule has 1 atom stereocenters. The highest BCUT2D eigenvalue weighted by Crippen LogP contribution is 2.37. The van der Waals surface area contributed by atoms with Crippen molar-refractivity contribution in [2.75, 3.05) is 13.7 Å². The summed E-state index contributed by atoms with van der Waals surface area (Å²) in [5.41, 5.74) is 4.93. The molecule has 1 aliphatic rings. The van der Waals surface area contributed by atoms with Gasteiger partial charge in [0.25, 0.3) is 0 Å². The average molecular weight is 302 g/mol. The highest BCUT2D eigenvalue weighted by molar-refractivity contribution is 6.30. The van der Waals surface area contributed by atoms with Gasteiger partial charge in [-0.15, -0.1) is 0 Å². The number of rotatable bonds is 3. The first kappa shape index (κ1) is 14.4. The molecule has 110 valence electrons. The minimum Gasteiger partial charge on any atom is -0.493 e. The number of fused-ring (bicyclic) bond motifs is 1. The summed E-state index contributed by atoms with van der Waals surface area (Å²) in [5.74, 6) is 1.04. The van der Waals surface area contributed by atoms with E-state index < -0.39 is 0 Å². The van der Waals surface area contributed by atoms with E-state index in [1.54, 1.807) is 0 Å². The smallest absolute Gasteiger partial charge is 0.127 e. The van der Waals surface area contributed by atoms with Crippen LogP contribution < -0.4 is 10.1 Å². The second kappa shape index (κ2) is 6.08. The Balaban J connectivity index is 2.10. The van der Waals surface area contributed by atoms with Gasteiger partial charge in [0.15, 0.2) is 0 Å². The van der Waals surface area contributed by atoms with E-state index in [2.05, 4.69) is 36.5 Å². The molecule has 1 N–H and O–H groups in total. The zero-order chi connectivity index (χ0) is 14.8. The van der Waals surface area contributed by atoms with Crippen LogP contribution in [0.15, 0.2) is 36.4 Å². The fraction of sp³-hybridized carbons (Fsp3) is 0.333. The van der Waals surface area contributed by atoms with Gasteiger partial charge >= 0.3 is 0 Å². The Kier molecular flexibility index (Phi) is 4.18. The van der Waals surface area contributed by atoms with Crippen LogP contribution in [0.3, 0.4) is 0 Å². The Bertz CT molecular complexity index is 654. The van der Waals surface area contributed by atoms with Crippen molar-refractivity contribution in [2.45, 2.75) is 25.8 Å². The lowest BCUT2D eigenvalue weighted by Gasteiger charge is -2.26. The number of ether oxygens (including phenoxy) is 1. The Morgan fingerprint density at radius 3 is 2.86 bits per heavy atom. The Morgan fingerprint density at radius 2 is 2.05 bits per heavy atom. The van der Waals surface area contributed by atoms with Crippen LogP contribution in [0.25, 0.3) is 0 Å². The molecule has 2 nitrogen and oxygen atoms in total. The summed E-state index contributed by atoms with van der Waals surface area (Å²) >= 11 is 6.19. The average Bonchev–Trinajstić information content (AvgIpc) is 2.51. The Hall–Kier alpha value is -1.51. The van der Waals surface area contributed by atoms with Gasteiger partial charge in [-0.1, -0.05) is 35.9 Å². The van der Waals surface area contributed by atoms with E-state index in [1.807, 2.05) is 19.2 Å². The van der Waals surface area contributed by atoms with Crippen LogP contribution in [0, 0.1) is 6.92 Å². The molecule has 0 saturated carbocycles. The molecule has 21 heavy (non-hydrogen) atoms. The van der Waals surface area contributed by atoms with Crippen molar-refractivity contribution < 1.29 is 4.74 Å². The third kappa shape index (κ3) is 2.78. The monoisotopic (exact) mass is 301 g/mol. The summed E-state index contributed by atoms with van der Waals surface area (Å²) in [6.45, 7) is 2.92. The number of halogens is 1. The van der Waals surface area contributed by atoms with Crippen LogP contribution in [0.2, 0.25) is 5.02 Å². The topological polar surface area (TPSA) is 21.3 Å². The van der Waals surface area contributed by atoms with Gasteiger partial charge in [0.05, 0.1) is 12.6 Å². The molecular formula is C18H20ClNO. The first-order valence-electron chi connectivity index (χ1n) is 7.38. The van der Waals surface area contributed by atoms with Crippen molar-refractivity contribution in [3.63, 3.8) is 0 Å². The first-order valence-corrected chi connectivity index (χ1v) is 7.76. The molecule has 0 spiro atoms. The minimum atomic E-state index is 0.0942. The van der Waals surface area contributed by atoms with Crippen LogP contribution in [-0.2, 0) is 6.42 Å². The molecule has 0 amide bonds.